The zero-order chi connectivity index (χ0) is 9.26. The lowest BCUT2D eigenvalue weighted by atomic mass is 9.77. The largest absolute Gasteiger partial charge is 0.0847 e. The molecule has 0 amide bonds. The molecule has 0 saturated heterocycles. The summed E-state index contributed by atoms with van der Waals surface area (Å²) in [4.78, 5) is 0. The molecule has 0 heteroatoms. The second-order valence-electron chi connectivity index (χ2n) is 4.72. The molecule has 0 aromatic rings. The Morgan fingerprint density at radius 1 is 1.23 bits per heavy atom. The molecule has 13 heavy (non-hydrogen) atoms. The zero-order valence-corrected chi connectivity index (χ0v) is 8.84. The van der Waals surface area contributed by atoms with Crippen molar-refractivity contribution in [3.63, 3.8) is 0 Å². The third-order valence-electron chi connectivity index (χ3n) is 3.55. The predicted octanol–water partition coefficient (Wildman–Crippen LogP) is 4.09. The Hall–Kier alpha value is -0.520. The SMILES string of the molecule is CC(C)C1=CCC(C2=CCC2)CC1. The first-order valence-corrected chi connectivity index (χ1v) is 5.65. The molecular weight excluding hydrogens is 156 g/mol. The van der Waals surface area contributed by atoms with E-state index in [4.69, 9.17) is 0 Å². The van der Waals surface area contributed by atoms with Crippen LogP contribution in [0.5, 0.6) is 0 Å². The van der Waals surface area contributed by atoms with Crippen molar-refractivity contribution in [2.24, 2.45) is 11.8 Å². The Morgan fingerprint density at radius 2 is 2.00 bits per heavy atom. The molecule has 0 heterocycles. The van der Waals surface area contributed by atoms with Crippen molar-refractivity contribution < 1.29 is 0 Å². The molecule has 0 spiro atoms. The third kappa shape index (κ3) is 1.87. The monoisotopic (exact) mass is 176 g/mol. The quantitative estimate of drug-likeness (QED) is 0.556. The van der Waals surface area contributed by atoms with Gasteiger partial charge in [-0.2, -0.15) is 0 Å². The molecule has 0 fully saturated rings. The van der Waals surface area contributed by atoms with Crippen molar-refractivity contribution in [3.05, 3.63) is 23.3 Å². The summed E-state index contributed by atoms with van der Waals surface area (Å²) in [5.74, 6) is 1.69. The summed E-state index contributed by atoms with van der Waals surface area (Å²) in [6.07, 6.45) is 11.7. The Balaban J connectivity index is 1.95. The number of hydrogen-bond donors (Lipinski definition) is 0. The summed E-state index contributed by atoms with van der Waals surface area (Å²) < 4.78 is 0. The molecule has 0 bridgehead atoms. The van der Waals surface area contributed by atoms with Gasteiger partial charge in [-0.15, -0.1) is 0 Å². The highest BCUT2D eigenvalue weighted by Gasteiger charge is 2.21. The highest BCUT2D eigenvalue weighted by molar-refractivity contribution is 5.21. The van der Waals surface area contributed by atoms with Crippen LogP contribution < -0.4 is 0 Å². The maximum Gasteiger partial charge on any atom is -0.0165 e. The van der Waals surface area contributed by atoms with E-state index in [2.05, 4.69) is 26.0 Å². The minimum atomic E-state index is 0.774. The van der Waals surface area contributed by atoms with E-state index < -0.39 is 0 Å². The summed E-state index contributed by atoms with van der Waals surface area (Å²) >= 11 is 0. The van der Waals surface area contributed by atoms with Crippen LogP contribution in [0.4, 0.5) is 0 Å². The molecule has 72 valence electrons. The van der Waals surface area contributed by atoms with Crippen molar-refractivity contribution in [2.75, 3.05) is 0 Å². The van der Waals surface area contributed by atoms with Crippen LogP contribution in [-0.2, 0) is 0 Å². The van der Waals surface area contributed by atoms with Gasteiger partial charge in [0, 0.05) is 0 Å². The van der Waals surface area contributed by atoms with Gasteiger partial charge < -0.3 is 0 Å². The molecule has 0 aliphatic heterocycles. The number of hydrogen-bond acceptors (Lipinski definition) is 0. The lowest BCUT2D eigenvalue weighted by molar-refractivity contribution is 0.483. The fourth-order valence-corrected chi connectivity index (χ4v) is 2.40. The van der Waals surface area contributed by atoms with Crippen molar-refractivity contribution in [3.8, 4) is 0 Å². The van der Waals surface area contributed by atoms with Gasteiger partial charge in [0.05, 0.1) is 0 Å². The van der Waals surface area contributed by atoms with Crippen LogP contribution in [0, 0.1) is 11.8 Å². The summed E-state index contributed by atoms with van der Waals surface area (Å²) in [6.45, 7) is 4.63. The van der Waals surface area contributed by atoms with Gasteiger partial charge in [-0.25, -0.2) is 0 Å². The van der Waals surface area contributed by atoms with E-state index in [1.165, 1.54) is 32.1 Å². The molecule has 0 N–H and O–H groups in total. The van der Waals surface area contributed by atoms with Gasteiger partial charge in [0.15, 0.2) is 0 Å². The Morgan fingerprint density at radius 3 is 2.38 bits per heavy atom. The minimum absolute atomic E-state index is 0.774. The third-order valence-corrected chi connectivity index (χ3v) is 3.55. The van der Waals surface area contributed by atoms with E-state index in [9.17, 15) is 0 Å². The van der Waals surface area contributed by atoms with E-state index in [1.54, 1.807) is 11.1 Å². The molecule has 2 aliphatic rings. The average molecular weight is 176 g/mol. The zero-order valence-electron chi connectivity index (χ0n) is 8.84. The normalized spacial score (nSPS) is 28.1. The summed E-state index contributed by atoms with van der Waals surface area (Å²) in [7, 11) is 0. The van der Waals surface area contributed by atoms with Gasteiger partial charge in [-0.1, -0.05) is 37.1 Å². The van der Waals surface area contributed by atoms with Crippen LogP contribution in [0.3, 0.4) is 0 Å². The van der Waals surface area contributed by atoms with Crippen LogP contribution in [-0.4, -0.2) is 0 Å². The van der Waals surface area contributed by atoms with Crippen molar-refractivity contribution in [1.82, 2.24) is 0 Å². The Labute approximate surface area is 81.7 Å². The lowest BCUT2D eigenvalue weighted by Crippen LogP contribution is -2.13. The molecule has 2 rings (SSSR count). The van der Waals surface area contributed by atoms with Crippen LogP contribution in [0.25, 0.3) is 0 Å². The summed E-state index contributed by atoms with van der Waals surface area (Å²) in [5.41, 5.74) is 3.44. The number of rotatable bonds is 2. The van der Waals surface area contributed by atoms with Gasteiger partial charge in [0.2, 0.25) is 0 Å². The molecular formula is C13H20. The van der Waals surface area contributed by atoms with Crippen molar-refractivity contribution in [2.45, 2.75) is 46.0 Å². The molecule has 0 aromatic heterocycles. The van der Waals surface area contributed by atoms with Gasteiger partial charge in [-0.05, 0) is 43.9 Å². The second kappa shape index (κ2) is 3.69. The topological polar surface area (TPSA) is 0 Å². The Bertz CT molecular complexity index is 243. The predicted molar refractivity (Wildman–Crippen MR) is 57.6 cm³/mol. The van der Waals surface area contributed by atoms with E-state index in [0.717, 1.165) is 11.8 Å². The lowest BCUT2D eigenvalue weighted by Gasteiger charge is -2.29. The van der Waals surface area contributed by atoms with Crippen LogP contribution >= 0.6 is 0 Å². The van der Waals surface area contributed by atoms with Gasteiger partial charge in [0.1, 0.15) is 0 Å². The van der Waals surface area contributed by atoms with E-state index >= 15 is 0 Å². The molecule has 0 radical (unpaired) electrons. The fourth-order valence-electron chi connectivity index (χ4n) is 2.40. The van der Waals surface area contributed by atoms with Gasteiger partial charge >= 0.3 is 0 Å². The van der Waals surface area contributed by atoms with E-state index in [0.29, 0.717) is 0 Å². The van der Waals surface area contributed by atoms with Gasteiger partial charge in [-0.3, -0.25) is 0 Å². The first-order valence-electron chi connectivity index (χ1n) is 5.65. The molecule has 0 aromatic carbocycles. The average Bonchev–Trinajstić information content (AvgIpc) is 2.02. The van der Waals surface area contributed by atoms with Crippen molar-refractivity contribution in [1.29, 1.82) is 0 Å². The standard InChI is InChI=1S/C13H20/c1-10(2)11-6-8-13(9-7-11)12-4-3-5-12/h4,6,10,13H,3,5,7-9H2,1-2H3. The maximum absolute atomic E-state index is 2.50. The molecule has 2 aliphatic carbocycles. The first-order chi connectivity index (χ1) is 6.27. The van der Waals surface area contributed by atoms with Crippen LogP contribution in [0.15, 0.2) is 23.3 Å². The molecule has 1 atom stereocenters. The van der Waals surface area contributed by atoms with Crippen LogP contribution in [0.2, 0.25) is 0 Å². The van der Waals surface area contributed by atoms with E-state index in [-0.39, 0.29) is 0 Å². The van der Waals surface area contributed by atoms with Crippen molar-refractivity contribution >= 4 is 0 Å². The number of allylic oxidation sites excluding steroid dienone is 4. The molecule has 0 nitrogen and oxygen atoms in total. The first kappa shape index (κ1) is 9.05. The van der Waals surface area contributed by atoms with Crippen LogP contribution in [0.1, 0.15) is 46.0 Å². The second-order valence-corrected chi connectivity index (χ2v) is 4.72. The minimum Gasteiger partial charge on any atom is -0.0847 e. The highest BCUT2D eigenvalue weighted by atomic mass is 14.3. The smallest absolute Gasteiger partial charge is 0.0165 e. The van der Waals surface area contributed by atoms with Gasteiger partial charge in [0.25, 0.3) is 0 Å². The summed E-state index contributed by atoms with van der Waals surface area (Å²) in [5, 5.41) is 0. The Kier molecular flexibility index (Phi) is 2.57. The molecule has 1 unspecified atom stereocenters. The highest BCUT2D eigenvalue weighted by Crippen LogP contribution is 2.37. The van der Waals surface area contributed by atoms with E-state index in [1.807, 2.05) is 0 Å². The summed E-state index contributed by atoms with van der Waals surface area (Å²) in [6, 6.07) is 0. The maximum atomic E-state index is 2.50. The fraction of sp³-hybridized carbons (Fsp3) is 0.692. The molecule has 0 saturated carbocycles.